The standard InChI is InChI=1S/C16H16F3N3O5/c17-16(18,19)26-11-3-1-2-10(6-11)15-12(20-27-22(15)23)7-21-8-13-14(9-21)25-5-4-24-13/h1-3,6,13-14H,4-5,7-9H2/t13-,14-/m1/s1. The van der Waals surface area contributed by atoms with Crippen LogP contribution in [0, 0.1) is 5.21 Å². The largest absolute Gasteiger partial charge is 0.573 e. The molecule has 8 nitrogen and oxygen atoms in total. The minimum Gasteiger partial charge on any atom is -0.406 e. The van der Waals surface area contributed by atoms with Crippen LogP contribution < -0.4 is 9.64 Å². The van der Waals surface area contributed by atoms with Crippen LogP contribution in [0.15, 0.2) is 28.9 Å². The number of ether oxygens (including phenoxy) is 3. The number of hydrogen-bond donors (Lipinski definition) is 0. The van der Waals surface area contributed by atoms with Gasteiger partial charge in [0.25, 0.3) is 0 Å². The third kappa shape index (κ3) is 3.99. The SMILES string of the molecule is [O-][n+]1onc(CN2C[C@H]3OCCO[C@@H]3C2)c1-c1cccc(OC(F)(F)F)c1. The van der Waals surface area contributed by atoms with Crippen molar-refractivity contribution in [3.63, 3.8) is 0 Å². The molecule has 0 aliphatic carbocycles. The van der Waals surface area contributed by atoms with E-state index in [1.807, 2.05) is 4.90 Å². The number of halogens is 3. The molecule has 0 saturated carbocycles. The van der Waals surface area contributed by atoms with Gasteiger partial charge in [-0.25, -0.2) is 0 Å². The molecule has 3 heterocycles. The summed E-state index contributed by atoms with van der Waals surface area (Å²) in [6.45, 7) is 2.56. The fourth-order valence-electron chi connectivity index (χ4n) is 3.37. The van der Waals surface area contributed by atoms with Crippen LogP contribution >= 0.6 is 0 Å². The average Bonchev–Trinajstić information content (AvgIpc) is 3.16. The molecular formula is C16H16F3N3O5. The molecule has 0 N–H and O–H groups in total. The van der Waals surface area contributed by atoms with Gasteiger partial charge in [0.05, 0.1) is 32.0 Å². The summed E-state index contributed by atoms with van der Waals surface area (Å²) in [5, 5.41) is 15.8. The van der Waals surface area contributed by atoms with Gasteiger partial charge in [-0.2, -0.15) is 0 Å². The van der Waals surface area contributed by atoms with Crippen LogP contribution in [0.25, 0.3) is 11.3 Å². The summed E-state index contributed by atoms with van der Waals surface area (Å²) in [4.78, 5) is 2.18. The van der Waals surface area contributed by atoms with Crippen molar-refractivity contribution in [3.8, 4) is 17.0 Å². The molecule has 2 aliphatic rings. The maximum absolute atomic E-state index is 12.4. The van der Waals surface area contributed by atoms with Crippen molar-refractivity contribution in [1.29, 1.82) is 0 Å². The second kappa shape index (κ2) is 6.98. The molecular weight excluding hydrogens is 371 g/mol. The lowest BCUT2D eigenvalue weighted by Gasteiger charge is -2.24. The van der Waals surface area contributed by atoms with Crippen LogP contribution in [-0.2, 0) is 16.0 Å². The molecule has 2 aromatic rings. The summed E-state index contributed by atoms with van der Waals surface area (Å²) in [6, 6.07) is 5.12. The van der Waals surface area contributed by atoms with Gasteiger partial charge in [-0.3, -0.25) is 9.53 Å². The van der Waals surface area contributed by atoms with Gasteiger partial charge in [0.2, 0.25) is 11.4 Å². The predicted molar refractivity (Wildman–Crippen MR) is 82.3 cm³/mol. The molecule has 2 aliphatic heterocycles. The zero-order valence-corrected chi connectivity index (χ0v) is 14.0. The van der Waals surface area contributed by atoms with Crippen LogP contribution in [0.3, 0.4) is 0 Å². The molecule has 0 bridgehead atoms. The number of benzene rings is 1. The predicted octanol–water partition coefficient (Wildman–Crippen LogP) is 1.47. The summed E-state index contributed by atoms with van der Waals surface area (Å²) in [5.41, 5.74) is 0.569. The number of rotatable bonds is 4. The second-order valence-electron chi connectivity index (χ2n) is 6.31. The number of fused-ring (bicyclic) bond motifs is 1. The minimum atomic E-state index is -4.82. The Morgan fingerprint density at radius 2 is 1.93 bits per heavy atom. The first-order chi connectivity index (χ1) is 12.9. The van der Waals surface area contributed by atoms with Gasteiger partial charge in [-0.1, -0.05) is 12.1 Å². The normalized spacial score (nSPS) is 23.4. The summed E-state index contributed by atoms with van der Waals surface area (Å²) in [7, 11) is 0. The first-order valence-corrected chi connectivity index (χ1v) is 8.29. The van der Waals surface area contributed by atoms with Crippen molar-refractivity contribution in [2.24, 2.45) is 0 Å². The van der Waals surface area contributed by atoms with E-state index < -0.39 is 12.1 Å². The lowest BCUT2D eigenvalue weighted by molar-refractivity contribution is -0.793. The van der Waals surface area contributed by atoms with Gasteiger partial charge in [-0.15, -0.1) is 13.2 Å². The van der Waals surface area contributed by atoms with Gasteiger partial charge in [-0.05, 0) is 17.0 Å². The van der Waals surface area contributed by atoms with Crippen molar-refractivity contribution in [2.75, 3.05) is 26.3 Å². The van der Waals surface area contributed by atoms with E-state index in [0.717, 1.165) is 12.1 Å². The Bertz CT molecular complexity index is 799. The van der Waals surface area contributed by atoms with Crippen LogP contribution in [0.5, 0.6) is 5.75 Å². The second-order valence-corrected chi connectivity index (χ2v) is 6.31. The van der Waals surface area contributed by atoms with Gasteiger partial charge in [0.1, 0.15) is 5.75 Å². The molecule has 0 spiro atoms. The minimum absolute atomic E-state index is 0.0410. The molecule has 1 aromatic heterocycles. The van der Waals surface area contributed by atoms with Crippen LogP contribution in [0.4, 0.5) is 13.2 Å². The van der Waals surface area contributed by atoms with Crippen molar-refractivity contribution in [1.82, 2.24) is 10.1 Å². The van der Waals surface area contributed by atoms with Crippen LogP contribution in [-0.4, -0.2) is 54.9 Å². The molecule has 2 fully saturated rings. The van der Waals surface area contributed by atoms with Gasteiger partial charge in [0.15, 0.2) is 0 Å². The molecule has 2 saturated heterocycles. The fraction of sp³-hybridized carbons (Fsp3) is 0.500. The van der Waals surface area contributed by atoms with Crippen molar-refractivity contribution in [3.05, 3.63) is 35.2 Å². The number of alkyl halides is 3. The molecule has 0 radical (unpaired) electrons. The lowest BCUT2D eigenvalue weighted by atomic mass is 10.1. The smallest absolute Gasteiger partial charge is 0.406 e. The molecule has 4 rings (SSSR count). The summed E-state index contributed by atoms with van der Waals surface area (Å²) in [6.07, 6.45) is -4.91. The zero-order chi connectivity index (χ0) is 19.0. The average molecular weight is 387 g/mol. The van der Waals surface area contributed by atoms with Gasteiger partial charge >= 0.3 is 6.36 Å². The molecule has 0 amide bonds. The summed E-state index contributed by atoms with van der Waals surface area (Å²) < 4.78 is 57.2. The Hall–Kier alpha value is -2.37. The lowest BCUT2D eigenvalue weighted by Crippen LogP contribution is -2.36. The van der Waals surface area contributed by atoms with E-state index in [1.54, 1.807) is 0 Å². The van der Waals surface area contributed by atoms with E-state index in [1.165, 1.54) is 12.1 Å². The number of likely N-dealkylation sites (tertiary alicyclic amines) is 1. The van der Waals surface area contributed by atoms with E-state index in [-0.39, 0.29) is 34.9 Å². The zero-order valence-electron chi connectivity index (χ0n) is 14.0. The quantitative estimate of drug-likeness (QED) is 0.735. The van der Waals surface area contributed by atoms with E-state index >= 15 is 0 Å². The first kappa shape index (κ1) is 18.0. The Balaban J connectivity index is 1.55. The monoisotopic (exact) mass is 387 g/mol. The first-order valence-electron chi connectivity index (χ1n) is 8.29. The maximum atomic E-state index is 12.4. The third-order valence-electron chi connectivity index (χ3n) is 4.43. The highest BCUT2D eigenvalue weighted by atomic mass is 19.4. The third-order valence-corrected chi connectivity index (χ3v) is 4.43. The van der Waals surface area contributed by atoms with E-state index in [2.05, 4.69) is 14.5 Å². The van der Waals surface area contributed by atoms with Crippen molar-refractivity contribution in [2.45, 2.75) is 25.1 Å². The highest BCUT2D eigenvalue weighted by Crippen LogP contribution is 2.29. The molecule has 146 valence electrons. The Kier molecular flexibility index (Phi) is 4.66. The Labute approximate surface area is 151 Å². The molecule has 27 heavy (non-hydrogen) atoms. The van der Waals surface area contributed by atoms with Gasteiger partial charge in [0, 0.05) is 23.8 Å². The van der Waals surface area contributed by atoms with Crippen molar-refractivity contribution < 1.29 is 36.9 Å². The maximum Gasteiger partial charge on any atom is 0.573 e. The van der Waals surface area contributed by atoms with Crippen LogP contribution in [0.1, 0.15) is 5.69 Å². The summed E-state index contributed by atoms with van der Waals surface area (Å²) in [5.74, 6) is -0.429. The number of nitrogens with zero attached hydrogens (tertiary/aromatic N) is 3. The number of hydrogen-bond acceptors (Lipinski definition) is 7. The number of aromatic nitrogens is 2. The Morgan fingerprint density at radius 3 is 2.59 bits per heavy atom. The van der Waals surface area contributed by atoms with E-state index in [0.29, 0.717) is 32.0 Å². The molecule has 0 unspecified atom stereocenters. The van der Waals surface area contributed by atoms with Crippen LogP contribution in [0.2, 0.25) is 0 Å². The molecule has 11 heteroatoms. The highest BCUT2D eigenvalue weighted by Gasteiger charge is 2.38. The molecule has 1 aromatic carbocycles. The molecule has 2 atom stereocenters. The van der Waals surface area contributed by atoms with E-state index in [4.69, 9.17) is 9.47 Å². The summed E-state index contributed by atoms with van der Waals surface area (Å²) >= 11 is 0. The topological polar surface area (TPSA) is 83.9 Å². The van der Waals surface area contributed by atoms with Gasteiger partial charge < -0.3 is 19.4 Å². The van der Waals surface area contributed by atoms with Crippen molar-refractivity contribution >= 4 is 0 Å². The fourth-order valence-corrected chi connectivity index (χ4v) is 3.37. The highest BCUT2D eigenvalue weighted by molar-refractivity contribution is 5.60. The Morgan fingerprint density at radius 1 is 1.22 bits per heavy atom. The van der Waals surface area contributed by atoms with E-state index in [9.17, 15) is 18.4 Å².